The average Bonchev–Trinajstić information content (AvgIpc) is 2.09. The quantitative estimate of drug-likeness (QED) is 0.444. The predicted molar refractivity (Wildman–Crippen MR) is 54.7 cm³/mol. The highest BCUT2D eigenvalue weighted by atomic mass is 16.3. The van der Waals surface area contributed by atoms with Crippen LogP contribution < -0.4 is 0 Å². The van der Waals surface area contributed by atoms with Crippen molar-refractivity contribution in [3.8, 4) is 0 Å². The van der Waals surface area contributed by atoms with E-state index in [0.717, 1.165) is 25.5 Å². The Bertz CT molecular complexity index is 111. The number of aliphatic hydroxyl groups is 1. The van der Waals surface area contributed by atoms with Gasteiger partial charge < -0.3 is 9.90 Å². The van der Waals surface area contributed by atoms with Crippen molar-refractivity contribution in [1.29, 1.82) is 0 Å². The first kappa shape index (κ1) is 12.6. The van der Waals surface area contributed by atoms with Gasteiger partial charge in [-0.2, -0.15) is 0 Å². The number of unbranched alkanes of at least 4 members (excludes halogenated alkanes) is 6. The molecule has 0 bridgehead atoms. The molecule has 0 saturated heterocycles. The van der Waals surface area contributed by atoms with Gasteiger partial charge in [-0.15, -0.1) is 0 Å². The zero-order chi connectivity index (χ0) is 9.94. The van der Waals surface area contributed by atoms with Crippen LogP contribution in [0.5, 0.6) is 0 Å². The maximum absolute atomic E-state index is 9.99. The van der Waals surface area contributed by atoms with Crippen LogP contribution in [0.3, 0.4) is 0 Å². The lowest BCUT2D eigenvalue weighted by atomic mass is 10.1. The topological polar surface area (TPSA) is 37.3 Å². The van der Waals surface area contributed by atoms with Gasteiger partial charge in [0.15, 0.2) is 0 Å². The third kappa shape index (κ3) is 11.6. The van der Waals surface area contributed by atoms with Crippen LogP contribution in [0, 0.1) is 0 Å². The molecule has 0 aromatic rings. The number of aldehydes is 1. The van der Waals surface area contributed by atoms with Gasteiger partial charge >= 0.3 is 0 Å². The fraction of sp³-hybridized carbons (Fsp3) is 0.909. The van der Waals surface area contributed by atoms with Gasteiger partial charge in [-0.05, 0) is 19.8 Å². The maximum Gasteiger partial charge on any atom is 0.119 e. The molecule has 0 rings (SSSR count). The molecule has 0 fully saturated rings. The van der Waals surface area contributed by atoms with Gasteiger partial charge in [-0.1, -0.05) is 32.1 Å². The van der Waals surface area contributed by atoms with E-state index in [0.29, 0.717) is 6.42 Å². The molecular formula is C11H22O2. The molecule has 2 heteroatoms. The Balaban J connectivity index is 2.87. The SMILES string of the molecule is C[C@@H](O)CCCCCCCCC=O. The van der Waals surface area contributed by atoms with Gasteiger partial charge in [0, 0.05) is 6.42 Å². The minimum atomic E-state index is -0.143. The Morgan fingerprint density at radius 3 is 2.15 bits per heavy atom. The molecule has 0 aliphatic heterocycles. The Hall–Kier alpha value is -0.370. The van der Waals surface area contributed by atoms with E-state index in [4.69, 9.17) is 5.11 Å². The number of carbonyl (C=O) groups excluding carboxylic acids is 1. The molecule has 0 heterocycles. The van der Waals surface area contributed by atoms with Crippen LogP contribution in [0.2, 0.25) is 0 Å². The van der Waals surface area contributed by atoms with Crippen molar-refractivity contribution in [3.63, 3.8) is 0 Å². The highest BCUT2D eigenvalue weighted by molar-refractivity contribution is 5.48. The second kappa shape index (κ2) is 9.72. The lowest BCUT2D eigenvalue weighted by molar-refractivity contribution is -0.107. The third-order valence-corrected chi connectivity index (χ3v) is 2.19. The van der Waals surface area contributed by atoms with E-state index in [9.17, 15) is 4.79 Å². The average molecular weight is 186 g/mol. The summed E-state index contributed by atoms with van der Waals surface area (Å²) in [6.07, 6.45) is 9.52. The number of rotatable bonds is 9. The molecule has 0 aliphatic rings. The standard InChI is InChI=1S/C11H22O2/c1-11(13)9-7-5-3-2-4-6-8-10-12/h10-11,13H,2-9H2,1H3/t11-/m1/s1. The summed E-state index contributed by atoms with van der Waals surface area (Å²) in [5.74, 6) is 0. The maximum atomic E-state index is 9.99. The molecular weight excluding hydrogens is 164 g/mol. The molecule has 0 aromatic carbocycles. The van der Waals surface area contributed by atoms with Gasteiger partial charge in [0.1, 0.15) is 6.29 Å². The van der Waals surface area contributed by atoms with Gasteiger partial charge in [-0.25, -0.2) is 0 Å². The summed E-state index contributed by atoms with van der Waals surface area (Å²) in [6.45, 7) is 1.84. The van der Waals surface area contributed by atoms with Crippen molar-refractivity contribution in [3.05, 3.63) is 0 Å². The van der Waals surface area contributed by atoms with Crippen molar-refractivity contribution in [2.24, 2.45) is 0 Å². The molecule has 0 unspecified atom stereocenters. The molecule has 0 aromatic heterocycles. The normalized spacial score (nSPS) is 12.8. The number of aliphatic hydroxyl groups excluding tert-OH is 1. The fourth-order valence-electron chi connectivity index (χ4n) is 1.37. The first-order chi connectivity index (χ1) is 6.27. The van der Waals surface area contributed by atoms with Gasteiger partial charge in [0.25, 0.3) is 0 Å². The molecule has 2 nitrogen and oxygen atoms in total. The smallest absolute Gasteiger partial charge is 0.119 e. The molecule has 0 spiro atoms. The molecule has 0 saturated carbocycles. The molecule has 1 atom stereocenters. The summed E-state index contributed by atoms with van der Waals surface area (Å²) in [5.41, 5.74) is 0. The van der Waals surface area contributed by atoms with Crippen LogP contribution in [0.4, 0.5) is 0 Å². The van der Waals surface area contributed by atoms with Crippen LogP contribution in [0.1, 0.15) is 58.3 Å². The molecule has 0 aliphatic carbocycles. The van der Waals surface area contributed by atoms with E-state index in [1.807, 2.05) is 6.92 Å². The summed E-state index contributed by atoms with van der Waals surface area (Å²) < 4.78 is 0. The van der Waals surface area contributed by atoms with Crippen LogP contribution in [0.15, 0.2) is 0 Å². The zero-order valence-corrected chi connectivity index (χ0v) is 8.67. The van der Waals surface area contributed by atoms with E-state index in [1.54, 1.807) is 0 Å². The van der Waals surface area contributed by atoms with Crippen LogP contribution in [0.25, 0.3) is 0 Å². The fourth-order valence-corrected chi connectivity index (χ4v) is 1.37. The third-order valence-electron chi connectivity index (χ3n) is 2.19. The second-order valence-electron chi connectivity index (χ2n) is 3.71. The summed E-state index contributed by atoms with van der Waals surface area (Å²) >= 11 is 0. The van der Waals surface area contributed by atoms with Crippen LogP contribution in [-0.4, -0.2) is 17.5 Å². The highest BCUT2D eigenvalue weighted by Gasteiger charge is 1.95. The monoisotopic (exact) mass is 186 g/mol. The van der Waals surface area contributed by atoms with Gasteiger partial charge in [-0.3, -0.25) is 0 Å². The lowest BCUT2D eigenvalue weighted by Crippen LogP contribution is -1.98. The number of hydrogen-bond donors (Lipinski definition) is 1. The van der Waals surface area contributed by atoms with E-state index in [2.05, 4.69) is 0 Å². The van der Waals surface area contributed by atoms with Crippen molar-refractivity contribution in [2.45, 2.75) is 64.4 Å². The van der Waals surface area contributed by atoms with Crippen molar-refractivity contribution in [1.82, 2.24) is 0 Å². The summed E-state index contributed by atoms with van der Waals surface area (Å²) in [7, 11) is 0. The van der Waals surface area contributed by atoms with E-state index in [-0.39, 0.29) is 6.10 Å². The van der Waals surface area contributed by atoms with Crippen LogP contribution >= 0.6 is 0 Å². The molecule has 78 valence electrons. The summed E-state index contributed by atoms with van der Waals surface area (Å²) in [6, 6.07) is 0. The van der Waals surface area contributed by atoms with Gasteiger partial charge in [0.05, 0.1) is 6.10 Å². The zero-order valence-electron chi connectivity index (χ0n) is 8.67. The van der Waals surface area contributed by atoms with E-state index >= 15 is 0 Å². The van der Waals surface area contributed by atoms with E-state index in [1.165, 1.54) is 25.7 Å². The number of carbonyl (C=O) groups is 1. The Morgan fingerprint density at radius 2 is 1.62 bits per heavy atom. The largest absolute Gasteiger partial charge is 0.393 e. The van der Waals surface area contributed by atoms with Crippen LogP contribution in [-0.2, 0) is 4.79 Å². The minimum Gasteiger partial charge on any atom is -0.393 e. The highest BCUT2D eigenvalue weighted by Crippen LogP contribution is 2.08. The molecule has 1 N–H and O–H groups in total. The Labute approximate surface area is 81.3 Å². The van der Waals surface area contributed by atoms with Crippen molar-refractivity contribution in [2.75, 3.05) is 0 Å². The first-order valence-electron chi connectivity index (χ1n) is 5.39. The minimum absolute atomic E-state index is 0.143. The summed E-state index contributed by atoms with van der Waals surface area (Å²) in [5, 5.41) is 8.99. The van der Waals surface area contributed by atoms with Gasteiger partial charge in [0.2, 0.25) is 0 Å². The Morgan fingerprint density at radius 1 is 1.08 bits per heavy atom. The van der Waals surface area contributed by atoms with Crippen molar-refractivity contribution >= 4 is 6.29 Å². The second-order valence-corrected chi connectivity index (χ2v) is 3.71. The molecule has 0 radical (unpaired) electrons. The molecule has 13 heavy (non-hydrogen) atoms. The Kier molecular flexibility index (Phi) is 9.44. The predicted octanol–water partition coefficient (Wildman–Crippen LogP) is 2.69. The number of hydrogen-bond acceptors (Lipinski definition) is 2. The lowest BCUT2D eigenvalue weighted by Gasteiger charge is -2.03. The van der Waals surface area contributed by atoms with Crippen molar-refractivity contribution < 1.29 is 9.90 Å². The summed E-state index contributed by atoms with van der Waals surface area (Å²) in [4.78, 5) is 9.99. The molecule has 0 amide bonds. The first-order valence-corrected chi connectivity index (χ1v) is 5.39. The van der Waals surface area contributed by atoms with E-state index < -0.39 is 0 Å².